The Labute approximate surface area is 131 Å². The number of carbonyl (C=O) groups excluding carboxylic acids is 1. The molecule has 7 heteroatoms. The molecule has 1 atom stereocenters. The Morgan fingerprint density at radius 2 is 2.04 bits per heavy atom. The van der Waals surface area contributed by atoms with Crippen molar-refractivity contribution in [1.29, 1.82) is 0 Å². The van der Waals surface area contributed by atoms with Crippen molar-refractivity contribution in [2.45, 2.75) is 13.0 Å². The lowest BCUT2D eigenvalue weighted by atomic mass is 10.1. The van der Waals surface area contributed by atoms with Gasteiger partial charge >= 0.3 is 0 Å². The highest BCUT2D eigenvalue weighted by Gasteiger charge is 2.13. The highest BCUT2D eigenvalue weighted by molar-refractivity contribution is 5.92. The van der Waals surface area contributed by atoms with Crippen LogP contribution in [-0.2, 0) is 4.79 Å². The van der Waals surface area contributed by atoms with E-state index in [1.54, 1.807) is 31.5 Å². The minimum atomic E-state index is -0.704. The van der Waals surface area contributed by atoms with Gasteiger partial charge in [-0.25, -0.2) is 4.39 Å². The predicted molar refractivity (Wildman–Crippen MR) is 82.9 cm³/mol. The number of nitrogens with zero attached hydrogens (tertiary/aromatic N) is 2. The first-order valence-corrected chi connectivity index (χ1v) is 6.80. The molecular weight excluding hydrogens is 301 g/mol. The van der Waals surface area contributed by atoms with Crippen molar-refractivity contribution < 1.29 is 14.1 Å². The zero-order chi connectivity index (χ0) is 16.8. The summed E-state index contributed by atoms with van der Waals surface area (Å²) < 4.78 is 13.1. The number of nitro benzene ring substituents is 1. The number of rotatable bonds is 5. The molecule has 0 radical (unpaired) electrons. The van der Waals surface area contributed by atoms with Gasteiger partial charge in [-0.2, -0.15) is 0 Å². The number of carbonyl (C=O) groups is 1. The molecule has 23 heavy (non-hydrogen) atoms. The lowest BCUT2D eigenvalue weighted by Crippen LogP contribution is -2.24. The van der Waals surface area contributed by atoms with Crippen LogP contribution in [0.1, 0.15) is 24.1 Å². The largest absolute Gasteiger partial charge is 0.346 e. The summed E-state index contributed by atoms with van der Waals surface area (Å²) >= 11 is 0. The first-order valence-electron chi connectivity index (χ1n) is 6.80. The number of nitrogens with one attached hydrogen (secondary N) is 1. The van der Waals surface area contributed by atoms with E-state index < -0.39 is 22.3 Å². The fourth-order valence-electron chi connectivity index (χ4n) is 1.98. The number of amides is 1. The second-order valence-corrected chi connectivity index (χ2v) is 4.80. The number of pyridine rings is 1. The number of halogens is 1. The van der Waals surface area contributed by atoms with Gasteiger partial charge in [0.25, 0.3) is 5.69 Å². The predicted octanol–water partition coefficient (Wildman–Crippen LogP) is 3.02. The lowest BCUT2D eigenvalue weighted by Gasteiger charge is -2.12. The maximum absolute atomic E-state index is 13.1. The summed E-state index contributed by atoms with van der Waals surface area (Å²) in [6, 6.07) is 6.49. The van der Waals surface area contributed by atoms with Gasteiger partial charge < -0.3 is 5.32 Å². The van der Waals surface area contributed by atoms with Gasteiger partial charge in [0.15, 0.2) is 0 Å². The van der Waals surface area contributed by atoms with Crippen molar-refractivity contribution in [1.82, 2.24) is 10.3 Å². The highest BCUT2D eigenvalue weighted by Crippen LogP contribution is 2.21. The van der Waals surface area contributed by atoms with E-state index in [2.05, 4.69) is 10.3 Å². The number of hydrogen-bond donors (Lipinski definition) is 1. The molecule has 0 saturated heterocycles. The summed E-state index contributed by atoms with van der Waals surface area (Å²) in [5.41, 5.74) is 0.647. The van der Waals surface area contributed by atoms with Crippen molar-refractivity contribution in [2.24, 2.45) is 0 Å². The summed E-state index contributed by atoms with van der Waals surface area (Å²) in [6.45, 7) is 1.81. The monoisotopic (exact) mass is 315 g/mol. The van der Waals surface area contributed by atoms with Crippen molar-refractivity contribution in [2.75, 3.05) is 0 Å². The number of benzene rings is 1. The minimum Gasteiger partial charge on any atom is -0.346 e. The average Bonchev–Trinajstić information content (AvgIpc) is 2.54. The number of nitro groups is 1. The smallest absolute Gasteiger partial charge is 0.279 e. The van der Waals surface area contributed by atoms with Crippen molar-refractivity contribution in [3.05, 3.63) is 75.9 Å². The van der Waals surface area contributed by atoms with E-state index >= 15 is 0 Å². The van der Waals surface area contributed by atoms with E-state index in [1.807, 2.05) is 0 Å². The molecule has 1 unspecified atom stereocenters. The fourth-order valence-corrected chi connectivity index (χ4v) is 1.98. The van der Waals surface area contributed by atoms with Crippen LogP contribution in [0.3, 0.4) is 0 Å². The molecule has 0 spiro atoms. The normalized spacial score (nSPS) is 12.1. The first-order chi connectivity index (χ1) is 11.0. The summed E-state index contributed by atoms with van der Waals surface area (Å²) in [4.78, 5) is 26.0. The third-order valence-corrected chi connectivity index (χ3v) is 3.17. The summed E-state index contributed by atoms with van der Waals surface area (Å²) in [5, 5.41) is 13.6. The Morgan fingerprint density at radius 1 is 1.35 bits per heavy atom. The van der Waals surface area contributed by atoms with E-state index in [0.29, 0.717) is 0 Å². The Hall–Kier alpha value is -3.09. The van der Waals surface area contributed by atoms with Crippen LogP contribution in [0.25, 0.3) is 6.08 Å². The van der Waals surface area contributed by atoms with E-state index in [9.17, 15) is 19.3 Å². The van der Waals surface area contributed by atoms with E-state index in [1.165, 1.54) is 18.2 Å². The molecular formula is C16H14FN3O3. The first kappa shape index (κ1) is 16.3. The zero-order valence-corrected chi connectivity index (χ0v) is 12.3. The molecule has 6 nitrogen and oxygen atoms in total. The Balaban J connectivity index is 2.08. The van der Waals surface area contributed by atoms with E-state index in [0.717, 1.165) is 17.7 Å². The van der Waals surface area contributed by atoms with Gasteiger partial charge in [-0.15, -0.1) is 0 Å². The molecule has 1 amide bonds. The highest BCUT2D eigenvalue weighted by atomic mass is 19.1. The summed E-state index contributed by atoms with van der Waals surface area (Å²) in [5.74, 6) is -1.11. The van der Waals surface area contributed by atoms with Gasteiger partial charge in [0.05, 0.1) is 22.6 Å². The average molecular weight is 315 g/mol. The van der Waals surface area contributed by atoms with Crippen LogP contribution in [0.4, 0.5) is 10.1 Å². The van der Waals surface area contributed by atoms with Crippen LogP contribution < -0.4 is 5.32 Å². The van der Waals surface area contributed by atoms with Gasteiger partial charge in [0.1, 0.15) is 5.82 Å². The molecule has 0 fully saturated rings. The van der Waals surface area contributed by atoms with Gasteiger partial charge in [0, 0.05) is 18.5 Å². The molecule has 0 saturated carbocycles. The van der Waals surface area contributed by atoms with Crippen LogP contribution in [-0.4, -0.2) is 15.8 Å². The van der Waals surface area contributed by atoms with Gasteiger partial charge in [-0.1, -0.05) is 0 Å². The standard InChI is InChI=1S/C16H14FN3O3/c1-11(12-6-8-18-9-7-12)19-16(21)5-3-13-2-4-14(17)10-15(13)20(22)23/h2-11H,1H3,(H,19,21). The van der Waals surface area contributed by atoms with Crippen molar-refractivity contribution in [3.8, 4) is 0 Å². The molecule has 0 aliphatic carbocycles. The third-order valence-electron chi connectivity index (χ3n) is 3.17. The van der Waals surface area contributed by atoms with Gasteiger partial charge in [0.2, 0.25) is 5.91 Å². The summed E-state index contributed by atoms with van der Waals surface area (Å²) in [7, 11) is 0. The SMILES string of the molecule is CC(NC(=O)C=Cc1ccc(F)cc1[N+](=O)[O-])c1ccncc1. The maximum atomic E-state index is 13.1. The molecule has 118 valence electrons. The topological polar surface area (TPSA) is 85.1 Å². The molecule has 2 aromatic rings. The summed E-state index contributed by atoms with van der Waals surface area (Å²) in [6.07, 6.45) is 5.70. The Morgan fingerprint density at radius 3 is 2.70 bits per heavy atom. The molecule has 0 bridgehead atoms. The lowest BCUT2D eigenvalue weighted by molar-refractivity contribution is -0.385. The number of hydrogen-bond acceptors (Lipinski definition) is 4. The van der Waals surface area contributed by atoms with Gasteiger partial charge in [-0.05, 0) is 42.8 Å². The Kier molecular flexibility index (Phi) is 5.14. The number of aromatic nitrogens is 1. The second kappa shape index (κ2) is 7.26. The van der Waals surface area contributed by atoms with Crippen LogP contribution in [0, 0.1) is 15.9 Å². The van der Waals surface area contributed by atoms with Crippen LogP contribution in [0.2, 0.25) is 0 Å². The zero-order valence-electron chi connectivity index (χ0n) is 12.3. The van der Waals surface area contributed by atoms with Crippen LogP contribution in [0.5, 0.6) is 0 Å². The van der Waals surface area contributed by atoms with E-state index in [4.69, 9.17) is 0 Å². The molecule has 1 aromatic heterocycles. The van der Waals surface area contributed by atoms with Crippen molar-refractivity contribution in [3.63, 3.8) is 0 Å². The molecule has 1 heterocycles. The van der Waals surface area contributed by atoms with Gasteiger partial charge in [-0.3, -0.25) is 19.9 Å². The molecule has 2 rings (SSSR count). The second-order valence-electron chi connectivity index (χ2n) is 4.80. The van der Waals surface area contributed by atoms with Crippen LogP contribution >= 0.6 is 0 Å². The molecule has 0 aliphatic rings. The maximum Gasteiger partial charge on any atom is 0.279 e. The van der Waals surface area contributed by atoms with E-state index in [-0.39, 0.29) is 11.6 Å². The van der Waals surface area contributed by atoms with Crippen molar-refractivity contribution >= 4 is 17.7 Å². The Bertz CT molecular complexity index is 747. The molecule has 1 aromatic carbocycles. The quantitative estimate of drug-likeness (QED) is 0.522. The van der Waals surface area contributed by atoms with Crippen LogP contribution in [0.15, 0.2) is 48.8 Å². The molecule has 0 aliphatic heterocycles. The minimum absolute atomic E-state index is 0.156. The fraction of sp³-hybridized carbons (Fsp3) is 0.125. The third kappa shape index (κ3) is 4.44. The molecule has 1 N–H and O–H groups in total.